The van der Waals surface area contributed by atoms with Gasteiger partial charge in [-0.3, -0.25) is 24.6 Å². The summed E-state index contributed by atoms with van der Waals surface area (Å²) in [6, 6.07) is -0.827. The van der Waals surface area contributed by atoms with Gasteiger partial charge in [-0.1, -0.05) is 6.92 Å². The highest BCUT2D eigenvalue weighted by Crippen LogP contribution is 2.20. The number of nitrogens with one attached hydrogen (secondary N) is 2. The minimum absolute atomic E-state index is 0.0857. The number of hydrogen-bond donors (Lipinski definition) is 2. The van der Waals surface area contributed by atoms with E-state index in [0.717, 1.165) is 19.3 Å². The molecule has 1 saturated carbocycles. The van der Waals surface area contributed by atoms with Crippen LogP contribution in [-0.2, 0) is 14.4 Å². The molecule has 20 heavy (non-hydrogen) atoms. The van der Waals surface area contributed by atoms with Crippen LogP contribution in [0.15, 0.2) is 0 Å². The van der Waals surface area contributed by atoms with Crippen molar-refractivity contribution in [1.29, 1.82) is 0 Å². The highest BCUT2D eigenvalue weighted by atomic mass is 16.2. The van der Waals surface area contributed by atoms with Crippen LogP contribution in [0.25, 0.3) is 0 Å². The zero-order chi connectivity index (χ0) is 14.9. The molecule has 0 aromatic heterocycles. The van der Waals surface area contributed by atoms with Gasteiger partial charge < -0.3 is 5.32 Å². The van der Waals surface area contributed by atoms with Crippen molar-refractivity contribution in [3.8, 4) is 0 Å². The molecule has 1 heterocycles. The lowest BCUT2D eigenvalue weighted by molar-refractivity contribution is -0.141. The Labute approximate surface area is 119 Å². The SMILES string of the molecule is CCC(C)N1C(=O)CC(NC(C)C(=O)NC2CC2)C1=O. The van der Waals surface area contributed by atoms with Crippen molar-refractivity contribution < 1.29 is 14.4 Å². The normalized spacial score (nSPS) is 25.8. The molecule has 112 valence electrons. The molecule has 0 bridgehead atoms. The molecule has 2 aliphatic rings. The Morgan fingerprint density at radius 2 is 2.00 bits per heavy atom. The topological polar surface area (TPSA) is 78.5 Å². The number of carbonyl (C=O) groups is 3. The molecule has 0 aromatic carbocycles. The zero-order valence-electron chi connectivity index (χ0n) is 12.3. The van der Waals surface area contributed by atoms with Crippen molar-refractivity contribution in [2.45, 2.75) is 70.6 Å². The molecular weight excluding hydrogens is 258 g/mol. The average molecular weight is 281 g/mol. The summed E-state index contributed by atoms with van der Waals surface area (Å²) in [5, 5.41) is 5.86. The number of carbonyl (C=O) groups excluding carboxylic acids is 3. The summed E-state index contributed by atoms with van der Waals surface area (Å²) in [6.07, 6.45) is 2.94. The number of rotatable bonds is 6. The Balaban J connectivity index is 1.91. The van der Waals surface area contributed by atoms with Gasteiger partial charge in [-0.25, -0.2) is 0 Å². The van der Waals surface area contributed by atoms with Crippen molar-refractivity contribution in [3.63, 3.8) is 0 Å². The van der Waals surface area contributed by atoms with Crippen LogP contribution < -0.4 is 10.6 Å². The van der Waals surface area contributed by atoms with Gasteiger partial charge in [0.05, 0.1) is 18.5 Å². The Kier molecular flexibility index (Phi) is 4.42. The minimum atomic E-state index is -0.573. The number of imide groups is 1. The van der Waals surface area contributed by atoms with Gasteiger partial charge in [0.15, 0.2) is 0 Å². The third kappa shape index (κ3) is 3.17. The van der Waals surface area contributed by atoms with Crippen molar-refractivity contribution in [2.24, 2.45) is 0 Å². The van der Waals surface area contributed by atoms with Crippen molar-refractivity contribution in [2.75, 3.05) is 0 Å². The lowest BCUT2D eigenvalue weighted by atomic mass is 10.2. The van der Waals surface area contributed by atoms with E-state index in [1.807, 2.05) is 13.8 Å². The molecule has 3 unspecified atom stereocenters. The third-order valence-electron chi connectivity index (χ3n) is 3.98. The summed E-state index contributed by atoms with van der Waals surface area (Å²) in [4.78, 5) is 37.3. The van der Waals surface area contributed by atoms with Crippen LogP contribution in [0.4, 0.5) is 0 Å². The fraction of sp³-hybridized carbons (Fsp3) is 0.786. The molecule has 0 radical (unpaired) electrons. The van der Waals surface area contributed by atoms with E-state index in [1.165, 1.54) is 4.90 Å². The van der Waals surface area contributed by atoms with E-state index in [1.54, 1.807) is 6.92 Å². The van der Waals surface area contributed by atoms with E-state index < -0.39 is 12.1 Å². The standard InChI is InChI=1S/C14H23N3O3/c1-4-8(2)17-12(18)7-11(14(17)20)15-9(3)13(19)16-10-5-6-10/h8-11,15H,4-7H2,1-3H3,(H,16,19). The van der Waals surface area contributed by atoms with Crippen LogP contribution in [0, 0.1) is 0 Å². The molecule has 0 aromatic rings. The quantitative estimate of drug-likeness (QED) is 0.680. The highest BCUT2D eigenvalue weighted by molar-refractivity contribution is 6.06. The van der Waals surface area contributed by atoms with E-state index in [9.17, 15) is 14.4 Å². The molecule has 2 N–H and O–H groups in total. The van der Waals surface area contributed by atoms with Crippen LogP contribution in [0.3, 0.4) is 0 Å². The van der Waals surface area contributed by atoms with E-state index >= 15 is 0 Å². The van der Waals surface area contributed by atoms with Crippen LogP contribution in [0.2, 0.25) is 0 Å². The Hall–Kier alpha value is -1.43. The van der Waals surface area contributed by atoms with Gasteiger partial charge in [-0.05, 0) is 33.1 Å². The lowest BCUT2D eigenvalue weighted by Gasteiger charge is -2.22. The van der Waals surface area contributed by atoms with Gasteiger partial charge in [0.1, 0.15) is 0 Å². The molecule has 3 amide bonds. The maximum Gasteiger partial charge on any atom is 0.247 e. The first-order chi connectivity index (χ1) is 9.43. The fourth-order valence-electron chi connectivity index (χ4n) is 2.36. The summed E-state index contributed by atoms with van der Waals surface area (Å²) >= 11 is 0. The average Bonchev–Trinajstić information content (AvgIpc) is 3.16. The summed E-state index contributed by atoms with van der Waals surface area (Å²) in [7, 11) is 0. The maximum absolute atomic E-state index is 12.2. The lowest BCUT2D eigenvalue weighted by Crippen LogP contribution is -2.50. The number of hydrogen-bond acceptors (Lipinski definition) is 4. The summed E-state index contributed by atoms with van der Waals surface area (Å²) in [6.45, 7) is 5.53. The van der Waals surface area contributed by atoms with Crippen molar-refractivity contribution in [3.05, 3.63) is 0 Å². The molecule has 2 fully saturated rings. The van der Waals surface area contributed by atoms with Gasteiger partial charge in [0.25, 0.3) is 0 Å². The first-order valence-electron chi connectivity index (χ1n) is 7.36. The van der Waals surface area contributed by atoms with E-state index in [-0.39, 0.29) is 30.2 Å². The van der Waals surface area contributed by atoms with Crippen molar-refractivity contribution >= 4 is 17.7 Å². The largest absolute Gasteiger partial charge is 0.352 e. The Bertz CT molecular complexity index is 420. The van der Waals surface area contributed by atoms with E-state index in [4.69, 9.17) is 0 Å². The maximum atomic E-state index is 12.2. The van der Waals surface area contributed by atoms with Crippen LogP contribution in [-0.4, -0.2) is 46.8 Å². The van der Waals surface area contributed by atoms with Gasteiger partial charge in [-0.2, -0.15) is 0 Å². The molecular formula is C14H23N3O3. The van der Waals surface area contributed by atoms with Gasteiger partial charge in [0.2, 0.25) is 17.7 Å². The zero-order valence-corrected chi connectivity index (χ0v) is 12.3. The third-order valence-corrected chi connectivity index (χ3v) is 3.98. The van der Waals surface area contributed by atoms with Crippen LogP contribution in [0.5, 0.6) is 0 Å². The molecule has 6 nitrogen and oxygen atoms in total. The van der Waals surface area contributed by atoms with Crippen molar-refractivity contribution in [1.82, 2.24) is 15.5 Å². The summed E-state index contributed by atoms with van der Waals surface area (Å²) in [5.41, 5.74) is 0. The van der Waals surface area contributed by atoms with Gasteiger partial charge >= 0.3 is 0 Å². The summed E-state index contributed by atoms with van der Waals surface area (Å²) < 4.78 is 0. The first-order valence-corrected chi connectivity index (χ1v) is 7.36. The Morgan fingerprint density at radius 3 is 2.55 bits per heavy atom. The summed E-state index contributed by atoms with van der Waals surface area (Å²) in [5.74, 6) is -0.471. The van der Waals surface area contributed by atoms with Gasteiger partial charge in [-0.15, -0.1) is 0 Å². The molecule has 1 aliphatic heterocycles. The highest BCUT2D eigenvalue weighted by Gasteiger charge is 2.41. The smallest absolute Gasteiger partial charge is 0.247 e. The second-order valence-corrected chi connectivity index (χ2v) is 5.79. The second-order valence-electron chi connectivity index (χ2n) is 5.79. The van der Waals surface area contributed by atoms with Gasteiger partial charge in [0, 0.05) is 12.1 Å². The first kappa shape index (κ1) is 15.0. The predicted octanol–water partition coefficient (Wildman–Crippen LogP) is 0.169. The predicted molar refractivity (Wildman–Crippen MR) is 73.8 cm³/mol. The molecule has 1 saturated heterocycles. The number of likely N-dealkylation sites (tertiary alicyclic amines) is 1. The minimum Gasteiger partial charge on any atom is -0.352 e. The van der Waals surface area contributed by atoms with E-state index in [2.05, 4.69) is 10.6 Å². The molecule has 3 atom stereocenters. The molecule has 6 heteroatoms. The van der Waals surface area contributed by atoms with Crippen LogP contribution in [0.1, 0.15) is 46.5 Å². The second kappa shape index (κ2) is 5.91. The fourth-order valence-corrected chi connectivity index (χ4v) is 2.36. The molecule has 1 aliphatic carbocycles. The van der Waals surface area contributed by atoms with E-state index in [0.29, 0.717) is 6.04 Å². The van der Waals surface area contributed by atoms with Crippen LogP contribution >= 0.6 is 0 Å². The monoisotopic (exact) mass is 281 g/mol. The number of amides is 3. The molecule has 2 rings (SSSR count). The molecule has 0 spiro atoms. The number of nitrogens with zero attached hydrogens (tertiary/aromatic N) is 1. The Morgan fingerprint density at radius 1 is 1.35 bits per heavy atom.